The number of pyridine rings is 1. The zero-order chi connectivity index (χ0) is 14.5. The van der Waals surface area contributed by atoms with Gasteiger partial charge >= 0.3 is 0 Å². The predicted molar refractivity (Wildman–Crippen MR) is 79.7 cm³/mol. The SMILES string of the molecule is O=C(Nc1ccc(-c2ccccc2)cn1)c1ncccn1. The fourth-order valence-corrected chi connectivity index (χ4v) is 1.86. The van der Waals surface area contributed by atoms with Gasteiger partial charge in [0, 0.05) is 24.2 Å². The van der Waals surface area contributed by atoms with Crippen molar-refractivity contribution in [1.29, 1.82) is 0 Å². The molecule has 1 aromatic carbocycles. The Labute approximate surface area is 121 Å². The molecular weight excluding hydrogens is 264 g/mol. The van der Waals surface area contributed by atoms with Crippen molar-refractivity contribution < 1.29 is 4.79 Å². The summed E-state index contributed by atoms with van der Waals surface area (Å²) < 4.78 is 0. The Bertz CT molecular complexity index is 727. The van der Waals surface area contributed by atoms with E-state index in [-0.39, 0.29) is 11.7 Å². The highest BCUT2D eigenvalue weighted by atomic mass is 16.2. The minimum absolute atomic E-state index is 0.117. The van der Waals surface area contributed by atoms with Crippen molar-refractivity contribution in [2.24, 2.45) is 0 Å². The van der Waals surface area contributed by atoms with Crippen LogP contribution in [0.1, 0.15) is 10.6 Å². The van der Waals surface area contributed by atoms with E-state index in [2.05, 4.69) is 20.3 Å². The Morgan fingerprint density at radius 3 is 2.24 bits per heavy atom. The number of nitrogens with zero attached hydrogens (tertiary/aromatic N) is 3. The van der Waals surface area contributed by atoms with Gasteiger partial charge in [0.1, 0.15) is 5.82 Å². The van der Waals surface area contributed by atoms with E-state index in [1.807, 2.05) is 36.4 Å². The molecule has 3 rings (SSSR count). The number of amides is 1. The van der Waals surface area contributed by atoms with Gasteiger partial charge in [-0.15, -0.1) is 0 Å². The number of rotatable bonds is 3. The molecule has 0 bridgehead atoms. The van der Waals surface area contributed by atoms with E-state index in [4.69, 9.17) is 0 Å². The number of carbonyl (C=O) groups excluding carboxylic acids is 1. The van der Waals surface area contributed by atoms with Gasteiger partial charge in [0.15, 0.2) is 0 Å². The van der Waals surface area contributed by atoms with Crippen molar-refractivity contribution in [3.63, 3.8) is 0 Å². The topological polar surface area (TPSA) is 67.8 Å². The Morgan fingerprint density at radius 1 is 0.810 bits per heavy atom. The first-order valence-corrected chi connectivity index (χ1v) is 6.43. The predicted octanol–water partition coefficient (Wildman–Crippen LogP) is 2.79. The summed E-state index contributed by atoms with van der Waals surface area (Å²) in [6.07, 6.45) is 4.76. The number of aromatic nitrogens is 3. The smallest absolute Gasteiger partial charge is 0.294 e. The van der Waals surface area contributed by atoms with Gasteiger partial charge in [-0.25, -0.2) is 15.0 Å². The van der Waals surface area contributed by atoms with Crippen LogP contribution in [0.2, 0.25) is 0 Å². The molecule has 21 heavy (non-hydrogen) atoms. The average molecular weight is 276 g/mol. The average Bonchev–Trinajstić information content (AvgIpc) is 2.57. The molecule has 0 aliphatic carbocycles. The molecule has 2 heterocycles. The van der Waals surface area contributed by atoms with Crippen molar-refractivity contribution in [3.05, 3.63) is 72.9 Å². The molecule has 0 atom stereocenters. The molecule has 5 heteroatoms. The van der Waals surface area contributed by atoms with Crippen LogP contribution in [0, 0.1) is 0 Å². The Kier molecular flexibility index (Phi) is 3.64. The number of nitrogens with one attached hydrogen (secondary N) is 1. The van der Waals surface area contributed by atoms with Crippen molar-refractivity contribution in [2.45, 2.75) is 0 Å². The summed E-state index contributed by atoms with van der Waals surface area (Å²) in [4.78, 5) is 23.9. The molecule has 0 aliphatic heterocycles. The second kappa shape index (κ2) is 5.92. The van der Waals surface area contributed by atoms with Gasteiger partial charge < -0.3 is 5.32 Å². The van der Waals surface area contributed by atoms with Crippen LogP contribution in [-0.2, 0) is 0 Å². The summed E-state index contributed by atoms with van der Waals surface area (Å²) in [6, 6.07) is 15.2. The maximum absolute atomic E-state index is 11.9. The fraction of sp³-hybridized carbons (Fsp3) is 0. The second-order valence-electron chi connectivity index (χ2n) is 4.32. The molecule has 102 valence electrons. The molecule has 0 saturated heterocycles. The van der Waals surface area contributed by atoms with Gasteiger partial charge in [-0.3, -0.25) is 4.79 Å². The molecule has 0 unspecified atom stereocenters. The normalized spacial score (nSPS) is 10.1. The molecule has 0 fully saturated rings. The van der Waals surface area contributed by atoms with Crippen molar-refractivity contribution in [3.8, 4) is 11.1 Å². The zero-order valence-corrected chi connectivity index (χ0v) is 11.1. The van der Waals surface area contributed by atoms with E-state index in [0.29, 0.717) is 5.82 Å². The monoisotopic (exact) mass is 276 g/mol. The molecule has 2 aromatic heterocycles. The molecular formula is C16H12N4O. The minimum Gasteiger partial charge on any atom is -0.304 e. The Hall–Kier alpha value is -3.08. The molecule has 0 spiro atoms. The summed E-state index contributed by atoms with van der Waals surface area (Å²) in [5, 5.41) is 2.66. The molecule has 0 aliphatic rings. The molecule has 0 saturated carbocycles. The van der Waals surface area contributed by atoms with E-state index >= 15 is 0 Å². The van der Waals surface area contributed by atoms with E-state index in [9.17, 15) is 4.79 Å². The lowest BCUT2D eigenvalue weighted by atomic mass is 10.1. The van der Waals surface area contributed by atoms with Gasteiger partial charge in [-0.2, -0.15) is 0 Å². The Balaban J connectivity index is 1.75. The number of hydrogen-bond acceptors (Lipinski definition) is 4. The molecule has 0 radical (unpaired) electrons. The van der Waals surface area contributed by atoms with Crippen LogP contribution in [-0.4, -0.2) is 20.9 Å². The third-order valence-corrected chi connectivity index (χ3v) is 2.88. The summed E-state index contributed by atoms with van der Waals surface area (Å²) in [5.41, 5.74) is 2.07. The van der Waals surface area contributed by atoms with Crippen LogP contribution < -0.4 is 5.32 Å². The highest BCUT2D eigenvalue weighted by Crippen LogP contribution is 2.18. The fourth-order valence-electron chi connectivity index (χ4n) is 1.86. The van der Waals surface area contributed by atoms with Gasteiger partial charge in [-0.05, 0) is 23.8 Å². The summed E-state index contributed by atoms with van der Waals surface area (Å²) in [7, 11) is 0. The van der Waals surface area contributed by atoms with E-state index in [0.717, 1.165) is 11.1 Å². The number of anilines is 1. The van der Waals surface area contributed by atoms with Crippen LogP contribution in [0.3, 0.4) is 0 Å². The summed E-state index contributed by atoms with van der Waals surface area (Å²) in [6.45, 7) is 0. The van der Waals surface area contributed by atoms with Gasteiger partial charge in [0.2, 0.25) is 5.82 Å². The lowest BCUT2D eigenvalue weighted by Gasteiger charge is -2.05. The van der Waals surface area contributed by atoms with Crippen molar-refractivity contribution >= 4 is 11.7 Å². The van der Waals surface area contributed by atoms with Gasteiger partial charge in [0.25, 0.3) is 5.91 Å². The van der Waals surface area contributed by atoms with Crippen molar-refractivity contribution in [1.82, 2.24) is 15.0 Å². The highest BCUT2D eigenvalue weighted by molar-refractivity contribution is 6.00. The lowest BCUT2D eigenvalue weighted by molar-refractivity contribution is 0.101. The quantitative estimate of drug-likeness (QED) is 0.798. The van der Waals surface area contributed by atoms with E-state index < -0.39 is 0 Å². The molecule has 1 N–H and O–H groups in total. The van der Waals surface area contributed by atoms with Gasteiger partial charge in [0.05, 0.1) is 0 Å². The first-order valence-electron chi connectivity index (χ1n) is 6.43. The standard InChI is InChI=1S/C16H12N4O/c21-16(15-17-9-4-10-18-15)20-14-8-7-13(11-19-14)12-5-2-1-3-6-12/h1-11H,(H,19,20,21). The number of benzene rings is 1. The molecule has 5 nitrogen and oxygen atoms in total. The zero-order valence-electron chi connectivity index (χ0n) is 11.1. The van der Waals surface area contributed by atoms with Crippen LogP contribution in [0.25, 0.3) is 11.1 Å². The van der Waals surface area contributed by atoms with Crippen molar-refractivity contribution in [2.75, 3.05) is 5.32 Å². The van der Waals surface area contributed by atoms with Crippen LogP contribution in [0.4, 0.5) is 5.82 Å². The third kappa shape index (κ3) is 3.09. The molecule has 3 aromatic rings. The Morgan fingerprint density at radius 2 is 1.57 bits per heavy atom. The van der Waals surface area contributed by atoms with Crippen LogP contribution >= 0.6 is 0 Å². The number of hydrogen-bond donors (Lipinski definition) is 1. The maximum Gasteiger partial charge on any atom is 0.294 e. The maximum atomic E-state index is 11.9. The number of carbonyl (C=O) groups is 1. The van der Waals surface area contributed by atoms with E-state index in [1.54, 1.807) is 18.3 Å². The second-order valence-corrected chi connectivity index (χ2v) is 4.32. The summed E-state index contributed by atoms with van der Waals surface area (Å²) in [5.74, 6) is 0.203. The van der Waals surface area contributed by atoms with Crippen LogP contribution in [0.5, 0.6) is 0 Å². The first-order chi connectivity index (χ1) is 10.3. The highest BCUT2D eigenvalue weighted by Gasteiger charge is 2.09. The van der Waals surface area contributed by atoms with Gasteiger partial charge in [-0.1, -0.05) is 30.3 Å². The first kappa shape index (κ1) is 12.9. The largest absolute Gasteiger partial charge is 0.304 e. The van der Waals surface area contributed by atoms with Crippen LogP contribution in [0.15, 0.2) is 67.1 Å². The minimum atomic E-state index is -0.379. The third-order valence-electron chi connectivity index (χ3n) is 2.88. The molecule has 1 amide bonds. The lowest BCUT2D eigenvalue weighted by Crippen LogP contribution is -2.15. The summed E-state index contributed by atoms with van der Waals surface area (Å²) >= 11 is 0. The van der Waals surface area contributed by atoms with E-state index in [1.165, 1.54) is 12.4 Å².